The van der Waals surface area contributed by atoms with E-state index in [1.54, 1.807) is 30.3 Å². The molecule has 0 aliphatic carbocycles. The number of hydrogen-bond donors (Lipinski definition) is 3. The molecule has 126 valence electrons. The summed E-state index contributed by atoms with van der Waals surface area (Å²) in [5.74, 6) is -0.827. The van der Waals surface area contributed by atoms with E-state index < -0.39 is 0 Å². The summed E-state index contributed by atoms with van der Waals surface area (Å²) in [6, 6.07) is 11.3. The number of phenols is 1. The Labute approximate surface area is 153 Å². The van der Waals surface area contributed by atoms with Gasteiger partial charge in [0, 0.05) is 11.6 Å². The molecular formula is C17H16BrClN2O3. The normalized spacial score (nSPS) is 11.6. The van der Waals surface area contributed by atoms with Crippen LogP contribution in [0.25, 0.3) is 0 Å². The average molecular weight is 412 g/mol. The molecule has 3 N–H and O–H groups in total. The molecule has 0 aromatic heterocycles. The van der Waals surface area contributed by atoms with Crippen molar-refractivity contribution in [3.05, 3.63) is 53.1 Å². The standard InChI is InChI=1S/C17H16BrClN2O3/c1-2-11(18)17(24)20-13-9-15(22)14(8-12(13)19)21-16(23)10-6-4-3-5-7-10/h3-9,11,22H,2H2,1H3,(H,20,24)(H,21,23). The quantitative estimate of drug-likeness (QED) is 0.504. The number of carbonyl (C=O) groups excluding carboxylic acids is 2. The smallest absolute Gasteiger partial charge is 0.255 e. The largest absolute Gasteiger partial charge is 0.506 e. The van der Waals surface area contributed by atoms with E-state index in [0.717, 1.165) is 0 Å². The number of amides is 2. The molecule has 0 radical (unpaired) electrons. The van der Waals surface area contributed by atoms with Gasteiger partial charge in [-0.05, 0) is 24.6 Å². The van der Waals surface area contributed by atoms with E-state index in [0.29, 0.717) is 12.0 Å². The van der Waals surface area contributed by atoms with Crippen LogP contribution in [-0.4, -0.2) is 21.7 Å². The number of alkyl halides is 1. The summed E-state index contributed by atoms with van der Waals surface area (Å²) in [7, 11) is 0. The first-order chi connectivity index (χ1) is 11.4. The number of nitrogens with one attached hydrogen (secondary N) is 2. The second kappa shape index (κ2) is 8.17. The maximum atomic E-state index is 12.1. The van der Waals surface area contributed by atoms with Crippen LogP contribution < -0.4 is 10.6 Å². The zero-order valence-electron chi connectivity index (χ0n) is 12.8. The highest BCUT2D eigenvalue weighted by atomic mass is 79.9. The van der Waals surface area contributed by atoms with Crippen LogP contribution in [0, 0.1) is 0 Å². The topological polar surface area (TPSA) is 78.4 Å². The molecule has 1 unspecified atom stereocenters. The number of phenolic OH excluding ortho intramolecular Hbond substituents is 1. The Morgan fingerprint density at radius 1 is 1.17 bits per heavy atom. The van der Waals surface area contributed by atoms with Crippen LogP contribution in [0.3, 0.4) is 0 Å². The molecule has 2 aromatic rings. The molecule has 0 aliphatic heterocycles. The minimum Gasteiger partial charge on any atom is -0.506 e. The predicted molar refractivity (Wildman–Crippen MR) is 99.1 cm³/mol. The lowest BCUT2D eigenvalue weighted by molar-refractivity contribution is -0.115. The highest BCUT2D eigenvalue weighted by Crippen LogP contribution is 2.34. The summed E-state index contributed by atoms with van der Waals surface area (Å²) >= 11 is 9.37. The van der Waals surface area contributed by atoms with E-state index in [-0.39, 0.29) is 38.8 Å². The fraction of sp³-hybridized carbons (Fsp3) is 0.176. The van der Waals surface area contributed by atoms with Gasteiger partial charge in [-0.25, -0.2) is 0 Å². The molecule has 0 saturated heterocycles. The number of carbonyl (C=O) groups is 2. The van der Waals surface area contributed by atoms with Gasteiger partial charge in [-0.1, -0.05) is 52.7 Å². The maximum absolute atomic E-state index is 12.1. The summed E-state index contributed by atoms with van der Waals surface area (Å²) in [6.45, 7) is 1.86. The summed E-state index contributed by atoms with van der Waals surface area (Å²) in [5, 5.41) is 15.5. The van der Waals surface area contributed by atoms with Gasteiger partial charge in [0.2, 0.25) is 5.91 Å². The van der Waals surface area contributed by atoms with Crippen molar-refractivity contribution in [3.63, 3.8) is 0 Å². The van der Waals surface area contributed by atoms with Crippen molar-refractivity contribution in [2.75, 3.05) is 10.6 Å². The predicted octanol–water partition coefficient (Wildman–Crippen LogP) is 4.41. The number of aromatic hydroxyl groups is 1. The molecule has 24 heavy (non-hydrogen) atoms. The number of rotatable bonds is 5. The minimum absolute atomic E-state index is 0.165. The first-order valence-corrected chi connectivity index (χ1v) is 8.55. The van der Waals surface area contributed by atoms with Gasteiger partial charge in [0.1, 0.15) is 5.75 Å². The summed E-state index contributed by atoms with van der Waals surface area (Å²) in [4.78, 5) is 23.7. The van der Waals surface area contributed by atoms with E-state index in [1.165, 1.54) is 12.1 Å². The number of benzene rings is 2. The van der Waals surface area contributed by atoms with Crippen LogP contribution in [0.4, 0.5) is 11.4 Å². The first-order valence-electron chi connectivity index (χ1n) is 7.26. The van der Waals surface area contributed by atoms with Crippen molar-refractivity contribution in [1.82, 2.24) is 0 Å². The second-order valence-corrected chi connectivity index (χ2v) is 6.55. The van der Waals surface area contributed by atoms with Gasteiger partial charge in [0.25, 0.3) is 5.91 Å². The van der Waals surface area contributed by atoms with Crippen molar-refractivity contribution >= 4 is 50.7 Å². The van der Waals surface area contributed by atoms with Crippen LogP contribution in [0.2, 0.25) is 5.02 Å². The number of hydrogen-bond acceptors (Lipinski definition) is 3. The van der Waals surface area contributed by atoms with Crippen molar-refractivity contribution in [3.8, 4) is 5.75 Å². The fourth-order valence-corrected chi connectivity index (χ4v) is 2.26. The third kappa shape index (κ3) is 4.49. The Kier molecular flexibility index (Phi) is 6.23. The van der Waals surface area contributed by atoms with Crippen LogP contribution in [0.1, 0.15) is 23.7 Å². The molecule has 0 spiro atoms. The van der Waals surface area contributed by atoms with Crippen molar-refractivity contribution in [1.29, 1.82) is 0 Å². The second-order valence-electron chi connectivity index (χ2n) is 5.03. The zero-order valence-corrected chi connectivity index (χ0v) is 15.2. The highest BCUT2D eigenvalue weighted by molar-refractivity contribution is 9.10. The van der Waals surface area contributed by atoms with Crippen molar-refractivity contribution in [2.24, 2.45) is 0 Å². The molecule has 2 amide bonds. The molecule has 2 aromatic carbocycles. The zero-order chi connectivity index (χ0) is 17.7. The molecule has 7 heteroatoms. The van der Waals surface area contributed by atoms with Gasteiger partial charge < -0.3 is 15.7 Å². The minimum atomic E-state index is -0.370. The molecule has 1 atom stereocenters. The Bertz CT molecular complexity index is 753. The third-order valence-electron chi connectivity index (χ3n) is 3.27. The van der Waals surface area contributed by atoms with Gasteiger partial charge in [-0.2, -0.15) is 0 Å². The Balaban J connectivity index is 2.18. The number of halogens is 2. The lowest BCUT2D eigenvalue weighted by atomic mass is 10.2. The van der Waals surface area contributed by atoms with Gasteiger partial charge in [-0.3, -0.25) is 9.59 Å². The van der Waals surface area contributed by atoms with Gasteiger partial charge in [0.15, 0.2) is 0 Å². The van der Waals surface area contributed by atoms with Gasteiger partial charge >= 0.3 is 0 Å². The molecule has 0 fully saturated rings. The van der Waals surface area contributed by atoms with Crippen LogP contribution in [0.5, 0.6) is 5.75 Å². The molecule has 0 aliphatic rings. The van der Waals surface area contributed by atoms with E-state index in [4.69, 9.17) is 11.6 Å². The average Bonchev–Trinajstić information content (AvgIpc) is 2.59. The van der Waals surface area contributed by atoms with Crippen LogP contribution >= 0.6 is 27.5 Å². The third-order valence-corrected chi connectivity index (χ3v) is 4.65. The van der Waals surface area contributed by atoms with E-state index in [1.807, 2.05) is 6.92 Å². The van der Waals surface area contributed by atoms with Crippen molar-refractivity contribution in [2.45, 2.75) is 18.2 Å². The van der Waals surface area contributed by atoms with Crippen LogP contribution in [0.15, 0.2) is 42.5 Å². The van der Waals surface area contributed by atoms with E-state index in [9.17, 15) is 14.7 Å². The molecule has 0 bridgehead atoms. The summed E-state index contributed by atoms with van der Waals surface area (Å²) in [5.41, 5.74) is 0.892. The Morgan fingerprint density at radius 2 is 1.83 bits per heavy atom. The fourth-order valence-electron chi connectivity index (χ4n) is 1.94. The monoisotopic (exact) mass is 410 g/mol. The number of anilines is 2. The lowest BCUT2D eigenvalue weighted by Crippen LogP contribution is -2.22. The van der Waals surface area contributed by atoms with Crippen molar-refractivity contribution < 1.29 is 14.7 Å². The molecule has 0 heterocycles. The Morgan fingerprint density at radius 3 is 2.46 bits per heavy atom. The Hall–Kier alpha value is -2.05. The first kappa shape index (κ1) is 18.3. The van der Waals surface area contributed by atoms with Gasteiger partial charge in [0.05, 0.1) is 21.2 Å². The van der Waals surface area contributed by atoms with Gasteiger partial charge in [-0.15, -0.1) is 0 Å². The lowest BCUT2D eigenvalue weighted by Gasteiger charge is -2.13. The summed E-state index contributed by atoms with van der Waals surface area (Å²) in [6.07, 6.45) is 0.612. The highest BCUT2D eigenvalue weighted by Gasteiger charge is 2.16. The SMILES string of the molecule is CCC(Br)C(=O)Nc1cc(O)c(NC(=O)c2ccccc2)cc1Cl. The molecular weight excluding hydrogens is 396 g/mol. The van der Waals surface area contributed by atoms with E-state index >= 15 is 0 Å². The molecule has 5 nitrogen and oxygen atoms in total. The molecule has 0 saturated carbocycles. The molecule has 2 rings (SSSR count). The maximum Gasteiger partial charge on any atom is 0.255 e. The summed E-state index contributed by atoms with van der Waals surface area (Å²) < 4.78 is 0. The van der Waals surface area contributed by atoms with E-state index in [2.05, 4.69) is 26.6 Å². The van der Waals surface area contributed by atoms with Crippen LogP contribution in [-0.2, 0) is 4.79 Å².